The highest BCUT2D eigenvalue weighted by atomic mass is 16.7. The third-order valence-electron chi connectivity index (χ3n) is 2.83. The van der Waals surface area contributed by atoms with Crippen LogP contribution in [0.4, 0.5) is 0 Å². The van der Waals surface area contributed by atoms with E-state index in [0.29, 0.717) is 0 Å². The third-order valence-corrected chi connectivity index (χ3v) is 2.83. The second-order valence-electron chi connectivity index (χ2n) is 4.94. The molecule has 18 heavy (non-hydrogen) atoms. The first kappa shape index (κ1) is 15.2. The molecule has 0 aliphatic carbocycles. The quantitative estimate of drug-likeness (QED) is 0.698. The zero-order valence-corrected chi connectivity index (χ0v) is 12.0. The minimum Gasteiger partial charge on any atom is -0.367 e. The van der Waals surface area contributed by atoms with Gasteiger partial charge in [-0.15, -0.1) is 0 Å². The van der Waals surface area contributed by atoms with Crippen LogP contribution in [-0.2, 0) is 20.6 Å². The van der Waals surface area contributed by atoms with Gasteiger partial charge in [0.15, 0.2) is 6.29 Å². The van der Waals surface area contributed by atoms with E-state index in [0.717, 1.165) is 6.42 Å². The van der Waals surface area contributed by atoms with Crippen molar-refractivity contribution in [3.63, 3.8) is 0 Å². The lowest BCUT2D eigenvalue weighted by atomic mass is 9.95. The molecule has 3 heteroatoms. The molecule has 0 spiro atoms. The Labute approximate surface area is 110 Å². The van der Waals surface area contributed by atoms with Crippen molar-refractivity contribution in [3.8, 4) is 0 Å². The van der Waals surface area contributed by atoms with Gasteiger partial charge in [-0.25, -0.2) is 0 Å². The third kappa shape index (κ3) is 4.09. The summed E-state index contributed by atoms with van der Waals surface area (Å²) in [5.74, 6) is 0. The first-order valence-corrected chi connectivity index (χ1v) is 6.29. The molecule has 1 rings (SSSR count). The summed E-state index contributed by atoms with van der Waals surface area (Å²) in [5, 5.41) is 0. The van der Waals surface area contributed by atoms with Crippen molar-refractivity contribution in [1.82, 2.24) is 0 Å². The van der Waals surface area contributed by atoms with Crippen LogP contribution in [0, 0.1) is 0 Å². The van der Waals surface area contributed by atoms with Crippen molar-refractivity contribution in [1.29, 1.82) is 0 Å². The van der Waals surface area contributed by atoms with Gasteiger partial charge < -0.3 is 14.2 Å². The first-order chi connectivity index (χ1) is 8.51. The van der Waals surface area contributed by atoms with Crippen LogP contribution in [0.2, 0.25) is 0 Å². The molecule has 1 aromatic rings. The lowest BCUT2D eigenvalue weighted by Crippen LogP contribution is -2.47. The molecule has 0 heterocycles. The van der Waals surface area contributed by atoms with Crippen LogP contribution >= 0.6 is 0 Å². The summed E-state index contributed by atoms with van der Waals surface area (Å²) in [7, 11) is 3.28. The van der Waals surface area contributed by atoms with Gasteiger partial charge in [0, 0.05) is 20.6 Å². The van der Waals surface area contributed by atoms with E-state index in [1.165, 1.54) is 5.56 Å². The Balaban J connectivity index is 2.90. The molecule has 0 aromatic heterocycles. The Morgan fingerprint density at radius 3 is 2.06 bits per heavy atom. The zero-order valence-electron chi connectivity index (χ0n) is 12.0. The lowest BCUT2D eigenvalue weighted by Gasteiger charge is -2.37. The number of hydrogen-bond acceptors (Lipinski definition) is 3. The number of methoxy groups -OCH3 is 2. The van der Waals surface area contributed by atoms with Crippen molar-refractivity contribution in [2.24, 2.45) is 0 Å². The molecule has 1 unspecified atom stereocenters. The second kappa shape index (κ2) is 6.88. The van der Waals surface area contributed by atoms with E-state index in [1.54, 1.807) is 14.2 Å². The van der Waals surface area contributed by atoms with Crippen LogP contribution in [0.15, 0.2) is 30.3 Å². The minimum atomic E-state index is -0.501. The molecule has 0 amide bonds. The molecule has 102 valence electrons. The summed E-state index contributed by atoms with van der Waals surface area (Å²) in [6.07, 6.45) is 0.477. The second-order valence-corrected chi connectivity index (χ2v) is 4.94. The maximum Gasteiger partial charge on any atom is 0.185 e. The van der Waals surface area contributed by atoms with Gasteiger partial charge in [0.2, 0.25) is 0 Å². The fourth-order valence-electron chi connectivity index (χ4n) is 2.31. The topological polar surface area (TPSA) is 27.7 Å². The van der Waals surface area contributed by atoms with Crippen LogP contribution in [-0.4, -0.2) is 32.2 Å². The fraction of sp³-hybridized carbons (Fsp3) is 0.600. The number of benzene rings is 1. The van der Waals surface area contributed by atoms with Crippen LogP contribution in [0.5, 0.6) is 0 Å². The summed E-state index contributed by atoms with van der Waals surface area (Å²) in [5.41, 5.74) is 0.707. The number of ether oxygens (including phenoxy) is 3. The van der Waals surface area contributed by atoms with Gasteiger partial charge in [-0.1, -0.05) is 30.3 Å². The molecule has 3 nitrogen and oxygen atoms in total. The zero-order chi connectivity index (χ0) is 13.6. The molecule has 1 aromatic carbocycles. The minimum absolute atomic E-state index is 0.117. The molecule has 0 saturated carbocycles. The van der Waals surface area contributed by atoms with E-state index < -0.39 is 5.60 Å². The first-order valence-electron chi connectivity index (χ1n) is 6.29. The maximum absolute atomic E-state index is 6.04. The normalized spacial score (nSPS) is 15.1. The highest BCUT2D eigenvalue weighted by Gasteiger charge is 2.37. The van der Waals surface area contributed by atoms with Gasteiger partial charge in [-0.3, -0.25) is 0 Å². The van der Waals surface area contributed by atoms with Crippen molar-refractivity contribution in [2.75, 3.05) is 14.2 Å². The maximum atomic E-state index is 6.04. The predicted octanol–water partition coefficient (Wildman–Crippen LogP) is 3.03. The van der Waals surface area contributed by atoms with Crippen molar-refractivity contribution in [3.05, 3.63) is 35.9 Å². The Hall–Kier alpha value is -0.900. The van der Waals surface area contributed by atoms with E-state index in [9.17, 15) is 0 Å². The average molecular weight is 252 g/mol. The van der Waals surface area contributed by atoms with Gasteiger partial charge in [-0.2, -0.15) is 0 Å². The van der Waals surface area contributed by atoms with Crippen molar-refractivity contribution >= 4 is 0 Å². The highest BCUT2D eigenvalue weighted by molar-refractivity contribution is 5.17. The molecule has 1 atom stereocenters. The van der Waals surface area contributed by atoms with Crippen molar-refractivity contribution in [2.45, 2.75) is 45.2 Å². The Bertz CT molecular complexity index is 333. The van der Waals surface area contributed by atoms with Crippen molar-refractivity contribution < 1.29 is 14.2 Å². The monoisotopic (exact) mass is 252 g/mol. The molecular weight excluding hydrogens is 228 g/mol. The largest absolute Gasteiger partial charge is 0.367 e. The smallest absolute Gasteiger partial charge is 0.185 e. The SMILES string of the molecule is COC(OC)C(C)(Cc1ccccc1)OC(C)C. The number of rotatable bonds is 7. The van der Waals surface area contributed by atoms with Gasteiger partial charge in [0.05, 0.1) is 6.10 Å². The predicted molar refractivity (Wildman–Crippen MR) is 72.6 cm³/mol. The summed E-state index contributed by atoms with van der Waals surface area (Å²) in [6, 6.07) is 10.2. The van der Waals surface area contributed by atoms with E-state index in [2.05, 4.69) is 12.1 Å². The molecule has 0 aliphatic heterocycles. The number of hydrogen-bond donors (Lipinski definition) is 0. The van der Waals surface area contributed by atoms with Crippen LogP contribution < -0.4 is 0 Å². The molecule has 0 aliphatic rings. The Morgan fingerprint density at radius 1 is 1.06 bits per heavy atom. The lowest BCUT2D eigenvalue weighted by molar-refractivity contribution is -0.238. The van der Waals surface area contributed by atoms with Crippen LogP contribution in [0.25, 0.3) is 0 Å². The van der Waals surface area contributed by atoms with Gasteiger partial charge in [-0.05, 0) is 26.3 Å². The molecule has 0 radical (unpaired) electrons. The molecule has 0 fully saturated rings. The summed E-state index contributed by atoms with van der Waals surface area (Å²) < 4.78 is 16.8. The van der Waals surface area contributed by atoms with E-state index in [1.807, 2.05) is 39.0 Å². The molecule has 0 bridgehead atoms. The average Bonchev–Trinajstić information content (AvgIpc) is 2.30. The highest BCUT2D eigenvalue weighted by Crippen LogP contribution is 2.26. The Kier molecular flexibility index (Phi) is 5.79. The molecule has 0 N–H and O–H groups in total. The van der Waals surface area contributed by atoms with E-state index >= 15 is 0 Å². The summed E-state index contributed by atoms with van der Waals surface area (Å²) in [4.78, 5) is 0. The summed E-state index contributed by atoms with van der Waals surface area (Å²) in [6.45, 7) is 6.06. The van der Waals surface area contributed by atoms with Gasteiger partial charge in [0.25, 0.3) is 0 Å². The van der Waals surface area contributed by atoms with Gasteiger partial charge >= 0.3 is 0 Å². The fourth-order valence-corrected chi connectivity index (χ4v) is 2.31. The van der Waals surface area contributed by atoms with Crippen LogP contribution in [0.1, 0.15) is 26.3 Å². The van der Waals surface area contributed by atoms with Crippen LogP contribution in [0.3, 0.4) is 0 Å². The summed E-state index contributed by atoms with van der Waals surface area (Å²) >= 11 is 0. The van der Waals surface area contributed by atoms with E-state index in [-0.39, 0.29) is 12.4 Å². The molecular formula is C15H24O3. The Morgan fingerprint density at radius 2 is 1.61 bits per heavy atom. The molecule has 0 saturated heterocycles. The standard InChI is InChI=1S/C15H24O3/c1-12(2)18-15(3,14(16-4)17-5)11-13-9-7-6-8-10-13/h6-10,12,14H,11H2,1-5H3. The van der Waals surface area contributed by atoms with Gasteiger partial charge in [0.1, 0.15) is 5.60 Å². The van der Waals surface area contributed by atoms with E-state index in [4.69, 9.17) is 14.2 Å².